The van der Waals surface area contributed by atoms with Gasteiger partial charge in [0.05, 0.1) is 6.04 Å². The summed E-state index contributed by atoms with van der Waals surface area (Å²) >= 11 is 0. The number of piperidine rings is 1. The van der Waals surface area contributed by atoms with E-state index in [-0.39, 0.29) is 24.4 Å². The van der Waals surface area contributed by atoms with E-state index in [1.54, 1.807) is 0 Å². The number of carbonyl (C=O) groups is 1. The zero-order valence-electron chi connectivity index (χ0n) is 11.4. The van der Waals surface area contributed by atoms with Crippen LogP contribution in [0.3, 0.4) is 0 Å². The molecule has 0 spiro atoms. The van der Waals surface area contributed by atoms with Crippen LogP contribution in [0.5, 0.6) is 0 Å². The maximum Gasteiger partial charge on any atom is 0.241 e. The van der Waals surface area contributed by atoms with Gasteiger partial charge >= 0.3 is 0 Å². The molecule has 0 radical (unpaired) electrons. The zero-order chi connectivity index (χ0) is 13.8. The Kier molecular flexibility index (Phi) is 5.30. The summed E-state index contributed by atoms with van der Waals surface area (Å²) in [7, 11) is 0. The average molecular weight is 309 g/mol. The van der Waals surface area contributed by atoms with Crippen LogP contribution in [0.25, 0.3) is 11.4 Å². The quantitative estimate of drug-likeness (QED) is 0.909. The van der Waals surface area contributed by atoms with Gasteiger partial charge in [-0.05, 0) is 43.7 Å². The highest BCUT2D eigenvalue weighted by atomic mass is 35.5. The highest BCUT2D eigenvalue weighted by molar-refractivity contribution is 5.95. The Morgan fingerprint density at radius 2 is 2.10 bits per heavy atom. The number of amides is 1. The van der Waals surface area contributed by atoms with Crippen LogP contribution in [0, 0.1) is 0 Å². The SMILES string of the molecule is Cl.O=C(Nc1ccc(-c2ncon2)cc1)C1CCCCN1. The first kappa shape index (κ1) is 15.5. The summed E-state index contributed by atoms with van der Waals surface area (Å²) in [6, 6.07) is 7.31. The van der Waals surface area contributed by atoms with E-state index in [9.17, 15) is 4.79 Å². The smallest absolute Gasteiger partial charge is 0.241 e. The van der Waals surface area contributed by atoms with E-state index in [1.165, 1.54) is 6.39 Å². The summed E-state index contributed by atoms with van der Waals surface area (Å²) in [4.78, 5) is 16.0. The second-order valence-electron chi connectivity index (χ2n) is 4.82. The molecule has 112 valence electrons. The van der Waals surface area contributed by atoms with Crippen molar-refractivity contribution < 1.29 is 9.32 Å². The van der Waals surface area contributed by atoms with E-state index in [1.807, 2.05) is 24.3 Å². The minimum absolute atomic E-state index is 0. The second-order valence-corrected chi connectivity index (χ2v) is 4.82. The van der Waals surface area contributed by atoms with Gasteiger partial charge in [0.15, 0.2) is 0 Å². The maximum atomic E-state index is 12.1. The van der Waals surface area contributed by atoms with E-state index >= 15 is 0 Å². The molecular formula is C14H17ClN4O2. The van der Waals surface area contributed by atoms with Gasteiger partial charge in [-0.3, -0.25) is 4.79 Å². The van der Waals surface area contributed by atoms with E-state index in [0.717, 1.165) is 37.1 Å². The van der Waals surface area contributed by atoms with Crippen LogP contribution >= 0.6 is 12.4 Å². The minimum Gasteiger partial charge on any atom is -0.342 e. The van der Waals surface area contributed by atoms with Crippen molar-refractivity contribution in [1.82, 2.24) is 15.5 Å². The second kappa shape index (κ2) is 7.19. The van der Waals surface area contributed by atoms with Crippen LogP contribution in [0.4, 0.5) is 5.69 Å². The first-order chi connectivity index (χ1) is 9.83. The number of hydrogen-bond donors (Lipinski definition) is 2. The standard InChI is InChI=1S/C14H16N4O2.ClH/c19-14(12-3-1-2-8-15-12)17-11-6-4-10(5-7-11)13-16-9-20-18-13;/h4-7,9,12,15H,1-3,8H2,(H,17,19);1H. The molecule has 1 aromatic heterocycles. The molecular weight excluding hydrogens is 292 g/mol. The molecule has 2 heterocycles. The van der Waals surface area contributed by atoms with Crippen molar-refractivity contribution in [3.05, 3.63) is 30.7 Å². The van der Waals surface area contributed by atoms with E-state index in [2.05, 4.69) is 20.8 Å². The molecule has 0 aliphatic carbocycles. The van der Waals surface area contributed by atoms with Crippen LogP contribution < -0.4 is 10.6 Å². The summed E-state index contributed by atoms with van der Waals surface area (Å²) in [5, 5.41) is 9.91. The molecule has 1 unspecified atom stereocenters. The number of rotatable bonds is 3. The Labute approximate surface area is 128 Å². The topological polar surface area (TPSA) is 80.1 Å². The van der Waals surface area contributed by atoms with Crippen molar-refractivity contribution in [1.29, 1.82) is 0 Å². The van der Waals surface area contributed by atoms with Gasteiger partial charge in [-0.15, -0.1) is 12.4 Å². The molecule has 1 amide bonds. The molecule has 1 aliphatic heterocycles. The number of benzene rings is 1. The first-order valence-corrected chi connectivity index (χ1v) is 6.74. The number of anilines is 1. The summed E-state index contributed by atoms with van der Waals surface area (Å²) in [6.07, 6.45) is 4.43. The van der Waals surface area contributed by atoms with Crippen LogP contribution in [0.1, 0.15) is 19.3 Å². The van der Waals surface area contributed by atoms with E-state index < -0.39 is 0 Å². The number of halogens is 1. The average Bonchev–Trinajstić information content (AvgIpc) is 3.03. The molecule has 0 saturated carbocycles. The first-order valence-electron chi connectivity index (χ1n) is 6.74. The number of carbonyl (C=O) groups excluding carboxylic acids is 1. The van der Waals surface area contributed by atoms with Crippen LogP contribution in [0.2, 0.25) is 0 Å². The van der Waals surface area contributed by atoms with Crippen molar-refractivity contribution >= 4 is 24.0 Å². The fraction of sp³-hybridized carbons (Fsp3) is 0.357. The van der Waals surface area contributed by atoms with Crippen molar-refractivity contribution in [2.75, 3.05) is 11.9 Å². The predicted octanol–water partition coefficient (Wildman–Crippen LogP) is 2.24. The van der Waals surface area contributed by atoms with Gasteiger partial charge < -0.3 is 15.2 Å². The Bertz CT molecular complexity index is 565. The molecule has 1 aromatic carbocycles. The van der Waals surface area contributed by atoms with Gasteiger partial charge in [-0.1, -0.05) is 11.6 Å². The summed E-state index contributed by atoms with van der Waals surface area (Å²) < 4.78 is 4.70. The molecule has 21 heavy (non-hydrogen) atoms. The molecule has 6 nitrogen and oxygen atoms in total. The lowest BCUT2D eigenvalue weighted by Gasteiger charge is -2.22. The zero-order valence-corrected chi connectivity index (χ0v) is 12.2. The maximum absolute atomic E-state index is 12.1. The highest BCUT2D eigenvalue weighted by Gasteiger charge is 2.20. The minimum atomic E-state index is -0.0827. The molecule has 2 N–H and O–H groups in total. The lowest BCUT2D eigenvalue weighted by Crippen LogP contribution is -2.43. The van der Waals surface area contributed by atoms with Crippen LogP contribution in [-0.2, 0) is 4.79 Å². The molecule has 1 fully saturated rings. The van der Waals surface area contributed by atoms with Gasteiger partial charge in [0.25, 0.3) is 0 Å². The van der Waals surface area contributed by atoms with Crippen molar-refractivity contribution in [2.24, 2.45) is 0 Å². The Morgan fingerprint density at radius 3 is 2.71 bits per heavy atom. The van der Waals surface area contributed by atoms with Gasteiger partial charge in [0.2, 0.25) is 18.1 Å². The van der Waals surface area contributed by atoms with Gasteiger partial charge in [0, 0.05) is 11.3 Å². The van der Waals surface area contributed by atoms with E-state index in [4.69, 9.17) is 4.52 Å². The molecule has 1 atom stereocenters. The summed E-state index contributed by atoms with van der Waals surface area (Å²) in [5.41, 5.74) is 1.63. The van der Waals surface area contributed by atoms with Crippen molar-refractivity contribution in [3.63, 3.8) is 0 Å². The predicted molar refractivity (Wildman–Crippen MR) is 81.3 cm³/mol. The number of nitrogens with one attached hydrogen (secondary N) is 2. The molecule has 0 bridgehead atoms. The number of nitrogens with zero attached hydrogens (tertiary/aromatic N) is 2. The summed E-state index contributed by atoms with van der Waals surface area (Å²) in [6.45, 7) is 0.912. The fourth-order valence-electron chi connectivity index (χ4n) is 2.31. The third kappa shape index (κ3) is 3.80. The molecule has 7 heteroatoms. The van der Waals surface area contributed by atoms with Crippen molar-refractivity contribution in [3.8, 4) is 11.4 Å². The molecule has 1 saturated heterocycles. The van der Waals surface area contributed by atoms with Crippen LogP contribution in [-0.4, -0.2) is 28.6 Å². The Balaban J connectivity index is 0.00000161. The van der Waals surface area contributed by atoms with Crippen molar-refractivity contribution in [2.45, 2.75) is 25.3 Å². The lowest BCUT2D eigenvalue weighted by molar-refractivity contribution is -0.118. The fourth-order valence-corrected chi connectivity index (χ4v) is 2.31. The van der Waals surface area contributed by atoms with E-state index in [0.29, 0.717) is 5.82 Å². The molecule has 1 aliphatic rings. The van der Waals surface area contributed by atoms with Crippen LogP contribution in [0.15, 0.2) is 35.2 Å². The summed E-state index contributed by atoms with van der Waals surface area (Å²) in [5.74, 6) is 0.564. The van der Waals surface area contributed by atoms with Gasteiger partial charge in [0.1, 0.15) is 0 Å². The Morgan fingerprint density at radius 1 is 1.29 bits per heavy atom. The number of hydrogen-bond acceptors (Lipinski definition) is 5. The van der Waals surface area contributed by atoms with Gasteiger partial charge in [-0.25, -0.2) is 0 Å². The highest BCUT2D eigenvalue weighted by Crippen LogP contribution is 2.18. The molecule has 3 rings (SSSR count). The monoisotopic (exact) mass is 308 g/mol. The third-order valence-corrected chi connectivity index (χ3v) is 3.40. The lowest BCUT2D eigenvalue weighted by atomic mass is 10.0. The Hall–Kier alpha value is -1.92. The largest absolute Gasteiger partial charge is 0.342 e. The molecule has 2 aromatic rings. The number of aromatic nitrogens is 2. The normalized spacial score (nSPS) is 17.8. The van der Waals surface area contributed by atoms with Gasteiger partial charge in [-0.2, -0.15) is 4.98 Å². The third-order valence-electron chi connectivity index (χ3n) is 3.40.